The van der Waals surface area contributed by atoms with Crippen LogP contribution in [0.1, 0.15) is 25.8 Å². The molecule has 0 aliphatic carbocycles. The van der Waals surface area contributed by atoms with Crippen LogP contribution in [0.15, 0.2) is 12.1 Å². The van der Waals surface area contributed by atoms with Crippen molar-refractivity contribution in [3.63, 3.8) is 0 Å². The molecule has 1 aromatic carbocycles. The Bertz CT molecular complexity index is 369. The molecule has 0 fully saturated rings. The van der Waals surface area contributed by atoms with Gasteiger partial charge in [0, 0.05) is 12.6 Å². The second-order valence-corrected chi connectivity index (χ2v) is 5.17. The maximum absolute atomic E-state index is 5.33. The van der Waals surface area contributed by atoms with Crippen molar-refractivity contribution in [1.29, 1.82) is 0 Å². The lowest BCUT2D eigenvalue weighted by Crippen LogP contribution is -2.24. The second-order valence-electron chi connectivity index (χ2n) is 4.00. The summed E-state index contributed by atoms with van der Waals surface area (Å²) in [5.74, 6) is 1.60. The third-order valence-electron chi connectivity index (χ3n) is 2.76. The highest BCUT2D eigenvalue weighted by molar-refractivity contribution is 14.1. The predicted molar refractivity (Wildman–Crippen MR) is 78.9 cm³/mol. The van der Waals surface area contributed by atoms with E-state index in [2.05, 4.69) is 47.8 Å². The topological polar surface area (TPSA) is 30.5 Å². The molecule has 0 aliphatic heterocycles. The minimum atomic E-state index is 0.528. The molecule has 3 nitrogen and oxygen atoms in total. The summed E-state index contributed by atoms with van der Waals surface area (Å²) < 4.78 is 11.7. The summed E-state index contributed by atoms with van der Waals surface area (Å²) in [6.45, 7) is 5.22. The summed E-state index contributed by atoms with van der Waals surface area (Å²) in [6.07, 6.45) is 1.13. The third-order valence-corrected chi connectivity index (χ3v) is 3.56. The summed E-state index contributed by atoms with van der Waals surface area (Å²) in [7, 11) is 3.33. The van der Waals surface area contributed by atoms with Gasteiger partial charge in [0.05, 0.1) is 17.8 Å². The van der Waals surface area contributed by atoms with E-state index in [1.807, 2.05) is 6.07 Å². The van der Waals surface area contributed by atoms with Crippen molar-refractivity contribution in [3.8, 4) is 11.5 Å². The molecule has 0 amide bonds. The van der Waals surface area contributed by atoms with E-state index in [1.165, 1.54) is 5.56 Å². The monoisotopic (exact) mass is 349 g/mol. The van der Waals surface area contributed by atoms with Crippen LogP contribution in [0.25, 0.3) is 0 Å². The number of ether oxygens (including phenoxy) is 2. The average molecular weight is 349 g/mol. The Labute approximate surface area is 117 Å². The SMILES string of the molecule is CCC(C)NCc1cc(I)c(OC)c(OC)c1. The van der Waals surface area contributed by atoms with Crippen molar-refractivity contribution in [3.05, 3.63) is 21.3 Å². The minimum Gasteiger partial charge on any atom is -0.493 e. The van der Waals surface area contributed by atoms with Gasteiger partial charge in [0.1, 0.15) is 0 Å². The van der Waals surface area contributed by atoms with Gasteiger partial charge in [-0.2, -0.15) is 0 Å². The molecule has 1 unspecified atom stereocenters. The summed E-state index contributed by atoms with van der Waals surface area (Å²) in [5, 5.41) is 3.46. The molecule has 1 aromatic rings. The summed E-state index contributed by atoms with van der Waals surface area (Å²) in [4.78, 5) is 0. The molecule has 4 heteroatoms. The highest BCUT2D eigenvalue weighted by atomic mass is 127. The molecule has 0 spiro atoms. The highest BCUT2D eigenvalue weighted by Gasteiger charge is 2.10. The largest absolute Gasteiger partial charge is 0.493 e. The summed E-state index contributed by atoms with van der Waals surface area (Å²) in [6, 6.07) is 4.67. The van der Waals surface area contributed by atoms with Crippen LogP contribution >= 0.6 is 22.6 Å². The second kappa shape index (κ2) is 7.06. The lowest BCUT2D eigenvalue weighted by Gasteiger charge is -2.14. The van der Waals surface area contributed by atoms with Gasteiger partial charge in [-0.15, -0.1) is 0 Å². The van der Waals surface area contributed by atoms with Gasteiger partial charge in [-0.3, -0.25) is 0 Å². The molecule has 1 N–H and O–H groups in total. The van der Waals surface area contributed by atoms with Gasteiger partial charge < -0.3 is 14.8 Å². The number of hydrogen-bond donors (Lipinski definition) is 1. The molecule has 0 bridgehead atoms. The van der Waals surface area contributed by atoms with Crippen molar-refractivity contribution < 1.29 is 9.47 Å². The van der Waals surface area contributed by atoms with E-state index in [0.29, 0.717) is 6.04 Å². The van der Waals surface area contributed by atoms with E-state index < -0.39 is 0 Å². The zero-order valence-corrected chi connectivity index (χ0v) is 13.0. The van der Waals surface area contributed by atoms with Gasteiger partial charge in [0.2, 0.25) is 0 Å². The molecular weight excluding hydrogens is 329 g/mol. The third kappa shape index (κ3) is 4.03. The van der Waals surface area contributed by atoms with Crippen LogP contribution in [0.5, 0.6) is 11.5 Å². The Morgan fingerprint density at radius 2 is 2.00 bits per heavy atom. The standard InChI is InChI=1S/C13H20INO2/c1-5-9(2)15-8-10-6-11(14)13(17-4)12(7-10)16-3/h6-7,9,15H,5,8H2,1-4H3. The molecule has 0 saturated carbocycles. The molecule has 0 aromatic heterocycles. The van der Waals surface area contributed by atoms with Crippen LogP contribution in [0, 0.1) is 3.57 Å². The molecule has 0 saturated heterocycles. The van der Waals surface area contributed by atoms with E-state index in [9.17, 15) is 0 Å². The van der Waals surface area contributed by atoms with Crippen molar-refractivity contribution >= 4 is 22.6 Å². The van der Waals surface area contributed by atoms with Crippen LogP contribution in [-0.2, 0) is 6.54 Å². The molecule has 17 heavy (non-hydrogen) atoms. The number of halogens is 1. The van der Waals surface area contributed by atoms with Crippen molar-refractivity contribution in [2.24, 2.45) is 0 Å². The van der Waals surface area contributed by atoms with Crippen LogP contribution in [0.4, 0.5) is 0 Å². The van der Waals surface area contributed by atoms with Crippen molar-refractivity contribution in [2.45, 2.75) is 32.9 Å². The average Bonchev–Trinajstić information content (AvgIpc) is 2.34. The maximum Gasteiger partial charge on any atom is 0.174 e. The normalized spacial score (nSPS) is 12.3. The maximum atomic E-state index is 5.33. The first kappa shape index (κ1) is 14.6. The molecule has 1 rings (SSSR count). The van der Waals surface area contributed by atoms with Gasteiger partial charge in [-0.25, -0.2) is 0 Å². The number of benzene rings is 1. The van der Waals surface area contributed by atoms with E-state index >= 15 is 0 Å². The molecular formula is C13H20INO2. The minimum absolute atomic E-state index is 0.528. The van der Waals surface area contributed by atoms with Crippen LogP contribution in [0.3, 0.4) is 0 Å². The van der Waals surface area contributed by atoms with Crippen molar-refractivity contribution in [2.75, 3.05) is 14.2 Å². The van der Waals surface area contributed by atoms with Gasteiger partial charge >= 0.3 is 0 Å². The van der Waals surface area contributed by atoms with E-state index in [0.717, 1.165) is 28.0 Å². The fraction of sp³-hybridized carbons (Fsp3) is 0.538. The molecule has 0 radical (unpaired) electrons. The Balaban J connectivity index is 2.84. The summed E-state index contributed by atoms with van der Waals surface area (Å²) >= 11 is 2.27. The first-order chi connectivity index (χ1) is 8.12. The van der Waals surface area contributed by atoms with E-state index in [-0.39, 0.29) is 0 Å². The smallest absolute Gasteiger partial charge is 0.174 e. The molecule has 0 heterocycles. The lowest BCUT2D eigenvalue weighted by atomic mass is 10.2. The Hall–Kier alpha value is -0.490. The van der Waals surface area contributed by atoms with Crippen molar-refractivity contribution in [1.82, 2.24) is 5.32 Å². The number of methoxy groups -OCH3 is 2. The Morgan fingerprint density at radius 3 is 2.53 bits per heavy atom. The predicted octanol–water partition coefficient (Wildman–Crippen LogP) is 3.20. The zero-order chi connectivity index (χ0) is 12.8. The van der Waals surface area contributed by atoms with Gasteiger partial charge in [-0.05, 0) is 53.6 Å². The molecule has 1 atom stereocenters. The number of hydrogen-bond acceptors (Lipinski definition) is 3. The molecule has 96 valence electrons. The Kier molecular flexibility index (Phi) is 6.05. The fourth-order valence-electron chi connectivity index (χ4n) is 1.51. The fourth-order valence-corrected chi connectivity index (χ4v) is 2.40. The van der Waals surface area contributed by atoms with Crippen LogP contribution < -0.4 is 14.8 Å². The van der Waals surface area contributed by atoms with Gasteiger partial charge in [-0.1, -0.05) is 6.92 Å². The quantitative estimate of drug-likeness (QED) is 0.801. The van der Waals surface area contributed by atoms with Gasteiger partial charge in [0.15, 0.2) is 11.5 Å². The van der Waals surface area contributed by atoms with Crippen LogP contribution in [-0.4, -0.2) is 20.3 Å². The highest BCUT2D eigenvalue weighted by Crippen LogP contribution is 2.33. The summed E-state index contributed by atoms with van der Waals surface area (Å²) in [5.41, 5.74) is 1.22. The zero-order valence-electron chi connectivity index (χ0n) is 10.8. The first-order valence-electron chi connectivity index (χ1n) is 5.76. The van der Waals surface area contributed by atoms with Gasteiger partial charge in [0.25, 0.3) is 0 Å². The molecule has 0 aliphatic rings. The van der Waals surface area contributed by atoms with E-state index in [4.69, 9.17) is 9.47 Å². The van der Waals surface area contributed by atoms with E-state index in [1.54, 1.807) is 14.2 Å². The number of nitrogens with one attached hydrogen (secondary N) is 1. The Morgan fingerprint density at radius 1 is 1.29 bits per heavy atom. The number of rotatable bonds is 6. The van der Waals surface area contributed by atoms with Crippen LogP contribution in [0.2, 0.25) is 0 Å². The lowest BCUT2D eigenvalue weighted by molar-refractivity contribution is 0.352. The first-order valence-corrected chi connectivity index (χ1v) is 6.84.